The smallest absolute Gasteiger partial charge is 0.236 e. The molecule has 154 valence electrons. The van der Waals surface area contributed by atoms with Crippen LogP contribution in [0.15, 0.2) is 0 Å². The zero-order valence-electron chi connectivity index (χ0n) is 17.4. The van der Waals surface area contributed by atoms with Crippen molar-refractivity contribution in [2.45, 2.75) is 59.4 Å². The van der Waals surface area contributed by atoms with E-state index < -0.39 is 6.04 Å². The normalized spacial score (nSPS) is 12.4. The quantitative estimate of drug-likeness (QED) is 0.349. The van der Waals surface area contributed by atoms with Crippen LogP contribution in [-0.4, -0.2) is 80.0 Å². The van der Waals surface area contributed by atoms with Gasteiger partial charge in [-0.2, -0.15) is 0 Å². The fourth-order valence-electron chi connectivity index (χ4n) is 2.76. The van der Waals surface area contributed by atoms with Crippen LogP contribution in [0.5, 0.6) is 0 Å². The van der Waals surface area contributed by atoms with Gasteiger partial charge in [0.05, 0.1) is 6.04 Å². The molecule has 7 heteroatoms. The third-order valence-corrected chi connectivity index (χ3v) is 4.73. The molecule has 0 aliphatic heterocycles. The molecule has 7 nitrogen and oxygen atoms in total. The van der Waals surface area contributed by atoms with E-state index in [1.807, 2.05) is 0 Å². The molecule has 4 N–H and O–H groups in total. The van der Waals surface area contributed by atoms with E-state index in [-0.39, 0.29) is 11.8 Å². The number of rotatable bonds is 16. The van der Waals surface area contributed by atoms with Crippen LogP contribution in [0.25, 0.3) is 0 Å². The van der Waals surface area contributed by atoms with Crippen molar-refractivity contribution in [3.8, 4) is 0 Å². The summed E-state index contributed by atoms with van der Waals surface area (Å²) < 4.78 is 0. The molecule has 0 aliphatic rings. The van der Waals surface area contributed by atoms with Crippen LogP contribution in [0.3, 0.4) is 0 Å². The molecule has 0 saturated carbocycles. The molecule has 1 atom stereocenters. The van der Waals surface area contributed by atoms with Crippen molar-refractivity contribution in [1.29, 1.82) is 0 Å². The molecule has 0 saturated heterocycles. The molecule has 0 fully saturated rings. The maximum absolute atomic E-state index is 12.0. The summed E-state index contributed by atoms with van der Waals surface area (Å²) in [7, 11) is 0. The topological polar surface area (TPSA) is 90.7 Å². The highest BCUT2D eigenvalue weighted by Crippen LogP contribution is 1.96. The predicted molar refractivity (Wildman–Crippen MR) is 108 cm³/mol. The molecule has 1 unspecified atom stereocenters. The van der Waals surface area contributed by atoms with Crippen molar-refractivity contribution in [2.24, 2.45) is 5.73 Å². The van der Waals surface area contributed by atoms with Gasteiger partial charge in [0, 0.05) is 19.5 Å². The SMILES string of the molecule is CCN(CC)CCCNC(=O)CCC(N)C(=O)NCCCN(CC)CC. The van der Waals surface area contributed by atoms with Crippen LogP contribution in [0.2, 0.25) is 0 Å². The van der Waals surface area contributed by atoms with Crippen molar-refractivity contribution in [3.63, 3.8) is 0 Å². The first-order chi connectivity index (χ1) is 12.5. The number of nitrogens with one attached hydrogen (secondary N) is 2. The maximum atomic E-state index is 12.0. The van der Waals surface area contributed by atoms with E-state index in [0.29, 0.717) is 25.9 Å². The second kappa shape index (κ2) is 16.0. The highest BCUT2D eigenvalue weighted by Gasteiger charge is 2.14. The molecule has 0 aromatic rings. The van der Waals surface area contributed by atoms with Crippen molar-refractivity contribution < 1.29 is 9.59 Å². The van der Waals surface area contributed by atoms with Gasteiger partial charge in [0.1, 0.15) is 0 Å². The van der Waals surface area contributed by atoms with Crippen LogP contribution in [0.1, 0.15) is 53.4 Å². The Bertz CT molecular complexity index is 371. The summed E-state index contributed by atoms with van der Waals surface area (Å²) in [5, 5.41) is 5.76. The fourth-order valence-corrected chi connectivity index (χ4v) is 2.76. The summed E-state index contributed by atoms with van der Waals surface area (Å²) in [6, 6.07) is -0.620. The fraction of sp³-hybridized carbons (Fsp3) is 0.895. The van der Waals surface area contributed by atoms with E-state index in [9.17, 15) is 9.59 Å². The summed E-state index contributed by atoms with van der Waals surface area (Å²) in [4.78, 5) is 28.4. The lowest BCUT2D eigenvalue weighted by atomic mass is 10.1. The van der Waals surface area contributed by atoms with Crippen molar-refractivity contribution in [2.75, 3.05) is 52.4 Å². The second-order valence-corrected chi connectivity index (χ2v) is 6.55. The molecular weight excluding hydrogens is 330 g/mol. The largest absolute Gasteiger partial charge is 0.356 e. The average Bonchev–Trinajstić information content (AvgIpc) is 2.66. The third kappa shape index (κ3) is 12.2. The highest BCUT2D eigenvalue weighted by atomic mass is 16.2. The van der Waals surface area contributed by atoms with Gasteiger partial charge in [0.2, 0.25) is 11.8 Å². The second-order valence-electron chi connectivity index (χ2n) is 6.55. The molecule has 0 aromatic heterocycles. The summed E-state index contributed by atoms with van der Waals surface area (Å²) in [6.45, 7) is 15.9. The first-order valence-electron chi connectivity index (χ1n) is 10.2. The van der Waals surface area contributed by atoms with E-state index >= 15 is 0 Å². The number of nitrogens with zero attached hydrogens (tertiary/aromatic N) is 2. The van der Waals surface area contributed by atoms with Crippen LogP contribution >= 0.6 is 0 Å². The number of carbonyl (C=O) groups excluding carboxylic acids is 2. The first kappa shape index (κ1) is 24.8. The highest BCUT2D eigenvalue weighted by molar-refractivity contribution is 5.82. The van der Waals surface area contributed by atoms with Gasteiger partial charge in [-0.25, -0.2) is 0 Å². The molecule has 26 heavy (non-hydrogen) atoms. The number of carbonyl (C=O) groups is 2. The third-order valence-electron chi connectivity index (χ3n) is 4.73. The summed E-state index contributed by atoms with van der Waals surface area (Å²) >= 11 is 0. The van der Waals surface area contributed by atoms with Crippen LogP contribution in [-0.2, 0) is 9.59 Å². The summed E-state index contributed by atoms with van der Waals surface area (Å²) in [6.07, 6.45) is 2.52. The number of hydrogen-bond donors (Lipinski definition) is 3. The van der Waals surface area contributed by atoms with Crippen molar-refractivity contribution >= 4 is 11.8 Å². The molecule has 0 aliphatic carbocycles. The van der Waals surface area contributed by atoms with E-state index in [0.717, 1.165) is 52.1 Å². The minimum absolute atomic E-state index is 0.0330. The predicted octanol–water partition coefficient (Wildman–Crippen LogP) is 0.790. The minimum Gasteiger partial charge on any atom is -0.356 e. The Labute approximate surface area is 160 Å². The summed E-state index contributed by atoms with van der Waals surface area (Å²) in [5.74, 6) is -0.201. The lowest BCUT2D eigenvalue weighted by Gasteiger charge is -2.18. The van der Waals surface area contributed by atoms with Gasteiger partial charge >= 0.3 is 0 Å². The Morgan fingerprint density at radius 2 is 1.31 bits per heavy atom. The van der Waals surface area contributed by atoms with E-state index in [1.54, 1.807) is 0 Å². The Balaban J connectivity index is 3.76. The lowest BCUT2D eigenvalue weighted by molar-refractivity contribution is -0.123. The molecule has 2 amide bonds. The Kier molecular flexibility index (Phi) is 15.3. The first-order valence-corrected chi connectivity index (χ1v) is 10.2. The minimum atomic E-state index is -0.620. The van der Waals surface area contributed by atoms with Gasteiger partial charge in [-0.05, 0) is 58.5 Å². The average molecular weight is 372 g/mol. The molecular formula is C19H41N5O2. The molecule has 0 heterocycles. The summed E-state index contributed by atoms with van der Waals surface area (Å²) in [5.41, 5.74) is 5.88. The standard InChI is InChI=1S/C19H41N5O2/c1-5-23(6-2)15-9-13-21-18(25)12-11-17(20)19(26)22-14-10-16-24(7-3)8-4/h17H,5-16,20H2,1-4H3,(H,21,25)(H,22,26). The van der Waals surface area contributed by atoms with Crippen LogP contribution < -0.4 is 16.4 Å². The van der Waals surface area contributed by atoms with Crippen LogP contribution in [0, 0.1) is 0 Å². The van der Waals surface area contributed by atoms with Gasteiger partial charge in [0.25, 0.3) is 0 Å². The molecule has 0 spiro atoms. The van der Waals surface area contributed by atoms with E-state index in [4.69, 9.17) is 5.73 Å². The monoisotopic (exact) mass is 371 g/mol. The zero-order valence-corrected chi connectivity index (χ0v) is 17.4. The molecule has 0 radical (unpaired) electrons. The van der Waals surface area contributed by atoms with E-state index in [2.05, 4.69) is 48.1 Å². The lowest BCUT2D eigenvalue weighted by Crippen LogP contribution is -2.42. The van der Waals surface area contributed by atoms with Gasteiger partial charge in [0.15, 0.2) is 0 Å². The number of hydrogen-bond acceptors (Lipinski definition) is 5. The van der Waals surface area contributed by atoms with Gasteiger partial charge in [-0.1, -0.05) is 27.7 Å². The molecule has 0 bridgehead atoms. The van der Waals surface area contributed by atoms with Gasteiger partial charge in [-0.3, -0.25) is 9.59 Å². The molecule has 0 rings (SSSR count). The molecule has 0 aromatic carbocycles. The van der Waals surface area contributed by atoms with Gasteiger partial charge < -0.3 is 26.2 Å². The Hall–Kier alpha value is -1.18. The van der Waals surface area contributed by atoms with Crippen molar-refractivity contribution in [3.05, 3.63) is 0 Å². The Morgan fingerprint density at radius 3 is 1.77 bits per heavy atom. The number of amides is 2. The van der Waals surface area contributed by atoms with Crippen molar-refractivity contribution in [1.82, 2.24) is 20.4 Å². The van der Waals surface area contributed by atoms with E-state index in [1.165, 1.54) is 0 Å². The number of nitrogens with two attached hydrogens (primary N) is 1. The Morgan fingerprint density at radius 1 is 0.846 bits per heavy atom. The van der Waals surface area contributed by atoms with Crippen LogP contribution in [0.4, 0.5) is 0 Å². The zero-order chi connectivity index (χ0) is 19.8. The maximum Gasteiger partial charge on any atom is 0.236 e. The van der Waals surface area contributed by atoms with Gasteiger partial charge in [-0.15, -0.1) is 0 Å².